The summed E-state index contributed by atoms with van der Waals surface area (Å²) in [5, 5.41) is 0. The van der Waals surface area contributed by atoms with Crippen molar-refractivity contribution in [3.05, 3.63) is 114 Å². The van der Waals surface area contributed by atoms with E-state index < -0.39 is 0 Å². The molecule has 0 saturated carbocycles. The minimum absolute atomic E-state index is 0.0914. The average Bonchev–Trinajstić information content (AvgIpc) is 2.68. The van der Waals surface area contributed by atoms with Crippen LogP contribution in [-0.2, 0) is 22.7 Å². The summed E-state index contributed by atoms with van der Waals surface area (Å²) in [5.41, 5.74) is 3.48. The van der Waals surface area contributed by atoms with Crippen molar-refractivity contribution in [2.45, 2.75) is 19.3 Å². The van der Waals surface area contributed by atoms with Crippen LogP contribution in [0, 0.1) is 6.42 Å². The first-order chi connectivity index (χ1) is 12.4. The van der Waals surface area contributed by atoms with Gasteiger partial charge in [-0.3, -0.25) is 0 Å². The van der Waals surface area contributed by atoms with Crippen molar-refractivity contribution >= 4 is 0 Å². The van der Waals surface area contributed by atoms with Crippen LogP contribution in [0.25, 0.3) is 0 Å². The highest BCUT2D eigenvalue weighted by atomic mass is 16.5. The molecule has 2 heteroatoms. The van der Waals surface area contributed by atoms with E-state index in [1.54, 1.807) is 0 Å². The number of rotatable bonds is 9. The molecule has 2 nitrogen and oxygen atoms in total. The van der Waals surface area contributed by atoms with Crippen LogP contribution >= 0.6 is 0 Å². The Kier molecular flexibility index (Phi) is 6.80. The van der Waals surface area contributed by atoms with Crippen LogP contribution in [0.3, 0.4) is 0 Å². The number of benzene rings is 3. The van der Waals surface area contributed by atoms with Crippen molar-refractivity contribution in [1.82, 2.24) is 0 Å². The minimum atomic E-state index is -0.0914. The van der Waals surface area contributed by atoms with Crippen molar-refractivity contribution in [3.8, 4) is 0 Å². The van der Waals surface area contributed by atoms with Crippen LogP contribution in [0.4, 0.5) is 0 Å². The number of hydrogen-bond acceptors (Lipinski definition) is 2. The summed E-state index contributed by atoms with van der Waals surface area (Å²) in [5.74, 6) is 0. The van der Waals surface area contributed by atoms with Gasteiger partial charge >= 0.3 is 0 Å². The predicted molar refractivity (Wildman–Crippen MR) is 101 cm³/mol. The van der Waals surface area contributed by atoms with Crippen LogP contribution in [0.15, 0.2) is 91.0 Å². The highest BCUT2D eigenvalue weighted by Crippen LogP contribution is 2.13. The maximum absolute atomic E-state index is 6.09. The van der Waals surface area contributed by atoms with Crippen molar-refractivity contribution < 1.29 is 9.47 Å². The Morgan fingerprint density at radius 1 is 0.640 bits per heavy atom. The van der Waals surface area contributed by atoms with Gasteiger partial charge in [0.15, 0.2) is 0 Å². The Bertz CT molecular complexity index is 711. The summed E-state index contributed by atoms with van der Waals surface area (Å²) in [4.78, 5) is 0. The fraction of sp³-hybridized carbons (Fsp3) is 0.174. The van der Waals surface area contributed by atoms with Crippen molar-refractivity contribution in [2.75, 3.05) is 6.61 Å². The van der Waals surface area contributed by atoms with Gasteiger partial charge in [0.05, 0.1) is 25.9 Å². The largest absolute Gasteiger partial charge is 0.374 e. The van der Waals surface area contributed by atoms with E-state index in [9.17, 15) is 0 Å². The SMILES string of the molecule is [CH](c1ccccc1)C(COCc1ccccc1)OCc1ccccc1. The zero-order chi connectivity index (χ0) is 17.2. The molecular formula is C23H23O2. The second-order valence-corrected chi connectivity index (χ2v) is 5.91. The van der Waals surface area contributed by atoms with E-state index in [4.69, 9.17) is 9.47 Å². The molecule has 0 saturated heterocycles. The van der Waals surface area contributed by atoms with E-state index >= 15 is 0 Å². The van der Waals surface area contributed by atoms with E-state index in [2.05, 4.69) is 42.8 Å². The molecule has 25 heavy (non-hydrogen) atoms. The molecule has 0 N–H and O–H groups in total. The normalized spacial score (nSPS) is 12.0. The maximum Gasteiger partial charge on any atom is 0.0888 e. The first-order valence-corrected chi connectivity index (χ1v) is 8.57. The molecule has 0 aliphatic heterocycles. The zero-order valence-electron chi connectivity index (χ0n) is 14.3. The topological polar surface area (TPSA) is 18.5 Å². The predicted octanol–water partition coefficient (Wildman–Crippen LogP) is 5.04. The van der Waals surface area contributed by atoms with Crippen LogP contribution < -0.4 is 0 Å². The zero-order valence-corrected chi connectivity index (χ0v) is 14.3. The fourth-order valence-electron chi connectivity index (χ4n) is 2.57. The lowest BCUT2D eigenvalue weighted by atomic mass is 10.1. The van der Waals surface area contributed by atoms with Gasteiger partial charge in [-0.25, -0.2) is 0 Å². The Labute approximate surface area is 150 Å². The van der Waals surface area contributed by atoms with Gasteiger partial charge in [-0.1, -0.05) is 91.0 Å². The standard InChI is InChI=1S/C23H23O2/c1-4-10-20(11-5-1)16-23(25-18-22-14-8-3-9-15-22)19-24-17-21-12-6-2-7-13-21/h1-16,23H,17-19H2. The molecule has 0 amide bonds. The Hall–Kier alpha value is -2.42. The third-order valence-electron chi connectivity index (χ3n) is 3.88. The van der Waals surface area contributed by atoms with Gasteiger partial charge in [0.2, 0.25) is 0 Å². The Balaban J connectivity index is 1.55. The Morgan fingerprint density at radius 3 is 1.76 bits per heavy atom. The van der Waals surface area contributed by atoms with E-state index in [0.29, 0.717) is 19.8 Å². The monoisotopic (exact) mass is 331 g/mol. The van der Waals surface area contributed by atoms with E-state index in [1.807, 2.05) is 54.6 Å². The van der Waals surface area contributed by atoms with Gasteiger partial charge in [0.25, 0.3) is 0 Å². The molecular weight excluding hydrogens is 308 g/mol. The molecule has 1 unspecified atom stereocenters. The molecule has 0 fully saturated rings. The second kappa shape index (κ2) is 9.77. The van der Waals surface area contributed by atoms with Crippen molar-refractivity contribution in [1.29, 1.82) is 0 Å². The summed E-state index contributed by atoms with van der Waals surface area (Å²) in [6.45, 7) is 1.69. The fourth-order valence-corrected chi connectivity index (χ4v) is 2.57. The lowest BCUT2D eigenvalue weighted by Gasteiger charge is -2.18. The molecule has 3 aromatic carbocycles. The van der Waals surface area contributed by atoms with E-state index in [-0.39, 0.29) is 6.10 Å². The highest BCUT2D eigenvalue weighted by molar-refractivity contribution is 5.24. The second-order valence-electron chi connectivity index (χ2n) is 5.91. The van der Waals surface area contributed by atoms with Gasteiger partial charge in [0.1, 0.15) is 0 Å². The van der Waals surface area contributed by atoms with Gasteiger partial charge < -0.3 is 9.47 Å². The summed E-state index contributed by atoms with van der Waals surface area (Å²) in [6.07, 6.45) is 2.03. The van der Waals surface area contributed by atoms with Gasteiger partial charge in [-0.2, -0.15) is 0 Å². The molecule has 0 bridgehead atoms. The minimum Gasteiger partial charge on any atom is -0.374 e. The molecule has 0 aromatic heterocycles. The third-order valence-corrected chi connectivity index (χ3v) is 3.88. The molecule has 0 aliphatic carbocycles. The van der Waals surface area contributed by atoms with Crippen LogP contribution in [0.1, 0.15) is 16.7 Å². The van der Waals surface area contributed by atoms with E-state index in [1.165, 1.54) is 5.56 Å². The summed E-state index contributed by atoms with van der Waals surface area (Å²) in [6, 6.07) is 30.7. The molecule has 1 radical (unpaired) electrons. The van der Waals surface area contributed by atoms with Crippen LogP contribution in [0.5, 0.6) is 0 Å². The van der Waals surface area contributed by atoms with Crippen LogP contribution in [0.2, 0.25) is 0 Å². The van der Waals surface area contributed by atoms with Crippen molar-refractivity contribution in [2.24, 2.45) is 0 Å². The van der Waals surface area contributed by atoms with E-state index in [0.717, 1.165) is 11.1 Å². The van der Waals surface area contributed by atoms with Crippen molar-refractivity contribution in [3.63, 3.8) is 0 Å². The molecule has 3 rings (SSSR count). The summed E-state index contributed by atoms with van der Waals surface area (Å²) in [7, 11) is 0. The number of hydrogen-bond donors (Lipinski definition) is 0. The maximum atomic E-state index is 6.09. The molecule has 0 aliphatic rings. The summed E-state index contributed by atoms with van der Waals surface area (Å²) < 4.78 is 12.0. The van der Waals surface area contributed by atoms with Gasteiger partial charge in [0, 0.05) is 6.42 Å². The lowest BCUT2D eigenvalue weighted by molar-refractivity contribution is -0.0115. The molecule has 1 atom stereocenters. The molecule has 127 valence electrons. The van der Waals surface area contributed by atoms with Gasteiger partial charge in [-0.05, 0) is 16.7 Å². The Morgan fingerprint density at radius 2 is 1.16 bits per heavy atom. The van der Waals surface area contributed by atoms with Gasteiger partial charge in [-0.15, -0.1) is 0 Å². The molecule has 0 spiro atoms. The average molecular weight is 331 g/mol. The number of ether oxygens (including phenoxy) is 2. The lowest BCUT2D eigenvalue weighted by Crippen LogP contribution is -2.21. The first kappa shape index (κ1) is 17.4. The summed E-state index contributed by atoms with van der Waals surface area (Å²) >= 11 is 0. The third kappa shape index (κ3) is 6.18. The van der Waals surface area contributed by atoms with Crippen LogP contribution in [-0.4, -0.2) is 12.7 Å². The molecule has 3 aromatic rings. The molecule has 0 heterocycles. The highest BCUT2D eigenvalue weighted by Gasteiger charge is 2.12. The first-order valence-electron chi connectivity index (χ1n) is 8.57. The quantitative estimate of drug-likeness (QED) is 0.547. The smallest absolute Gasteiger partial charge is 0.0888 e.